The van der Waals surface area contributed by atoms with Gasteiger partial charge >= 0.3 is 0 Å². The molecular formula is C15H12N2O. The van der Waals surface area contributed by atoms with Crippen LogP contribution in [0.1, 0.15) is 0 Å². The van der Waals surface area contributed by atoms with Gasteiger partial charge in [-0.3, -0.25) is 0 Å². The fourth-order valence-corrected chi connectivity index (χ4v) is 1.87. The summed E-state index contributed by atoms with van der Waals surface area (Å²) in [6.07, 6.45) is 0. The minimum Gasteiger partial charge on any atom is -0.481 e. The van der Waals surface area contributed by atoms with Gasteiger partial charge in [-0.1, -0.05) is 30.3 Å². The molecule has 0 bridgehead atoms. The van der Waals surface area contributed by atoms with E-state index in [9.17, 15) is 0 Å². The van der Waals surface area contributed by atoms with Crippen LogP contribution in [0.25, 0.3) is 22.3 Å². The molecule has 3 aromatic rings. The van der Waals surface area contributed by atoms with Crippen molar-refractivity contribution in [3.8, 4) is 17.1 Å². The first-order chi connectivity index (χ1) is 8.86. The number of hydrogen-bond donors (Lipinski definition) is 0. The summed E-state index contributed by atoms with van der Waals surface area (Å²) >= 11 is 0. The Balaban J connectivity index is 2.12. The number of benzene rings is 1. The van der Waals surface area contributed by atoms with Crippen molar-refractivity contribution in [3.63, 3.8) is 0 Å². The van der Waals surface area contributed by atoms with Gasteiger partial charge in [0.15, 0.2) is 0 Å². The minimum atomic E-state index is 0.608. The summed E-state index contributed by atoms with van der Waals surface area (Å²) in [6, 6.07) is 17.8. The van der Waals surface area contributed by atoms with E-state index in [0.29, 0.717) is 5.88 Å². The molecule has 0 saturated heterocycles. The molecule has 1 aromatic carbocycles. The second kappa shape index (κ2) is 4.45. The highest BCUT2D eigenvalue weighted by Crippen LogP contribution is 2.21. The van der Waals surface area contributed by atoms with Gasteiger partial charge in [-0.2, -0.15) is 0 Å². The first-order valence-electron chi connectivity index (χ1n) is 5.74. The van der Waals surface area contributed by atoms with E-state index in [1.807, 2.05) is 54.6 Å². The molecule has 2 aromatic heterocycles. The second-order valence-corrected chi connectivity index (χ2v) is 3.95. The van der Waals surface area contributed by atoms with E-state index in [1.54, 1.807) is 7.11 Å². The van der Waals surface area contributed by atoms with Gasteiger partial charge in [-0.05, 0) is 18.2 Å². The molecule has 0 saturated carbocycles. The fourth-order valence-electron chi connectivity index (χ4n) is 1.87. The Morgan fingerprint density at radius 1 is 0.778 bits per heavy atom. The third-order valence-electron chi connectivity index (χ3n) is 2.80. The van der Waals surface area contributed by atoms with Crippen LogP contribution in [0, 0.1) is 0 Å². The van der Waals surface area contributed by atoms with Crippen molar-refractivity contribution in [2.75, 3.05) is 7.11 Å². The summed E-state index contributed by atoms with van der Waals surface area (Å²) in [6.45, 7) is 0. The van der Waals surface area contributed by atoms with Gasteiger partial charge in [0.1, 0.15) is 0 Å². The van der Waals surface area contributed by atoms with E-state index < -0.39 is 0 Å². The highest BCUT2D eigenvalue weighted by molar-refractivity contribution is 5.78. The summed E-state index contributed by atoms with van der Waals surface area (Å²) < 4.78 is 5.10. The van der Waals surface area contributed by atoms with Crippen molar-refractivity contribution in [2.24, 2.45) is 0 Å². The summed E-state index contributed by atoms with van der Waals surface area (Å²) in [5.74, 6) is 0.608. The van der Waals surface area contributed by atoms with Crippen molar-refractivity contribution in [2.45, 2.75) is 0 Å². The molecule has 3 nitrogen and oxygen atoms in total. The van der Waals surface area contributed by atoms with Gasteiger partial charge in [-0.15, -0.1) is 0 Å². The van der Waals surface area contributed by atoms with Crippen LogP contribution in [0.5, 0.6) is 5.88 Å². The van der Waals surface area contributed by atoms with Crippen molar-refractivity contribution in [1.29, 1.82) is 0 Å². The fraction of sp³-hybridized carbons (Fsp3) is 0.0667. The summed E-state index contributed by atoms with van der Waals surface area (Å²) in [5.41, 5.74) is 3.77. The van der Waals surface area contributed by atoms with Crippen LogP contribution in [-0.2, 0) is 0 Å². The summed E-state index contributed by atoms with van der Waals surface area (Å²) in [5, 5.41) is 0. The highest BCUT2D eigenvalue weighted by atomic mass is 16.5. The number of methoxy groups -OCH3 is 1. The van der Waals surface area contributed by atoms with Crippen LogP contribution < -0.4 is 4.74 Å². The average Bonchev–Trinajstić information content (AvgIpc) is 2.47. The topological polar surface area (TPSA) is 35.0 Å². The van der Waals surface area contributed by atoms with Gasteiger partial charge in [0.25, 0.3) is 0 Å². The maximum atomic E-state index is 5.10. The molecule has 0 spiro atoms. The van der Waals surface area contributed by atoms with Crippen molar-refractivity contribution >= 4 is 11.0 Å². The van der Waals surface area contributed by atoms with Crippen LogP contribution in [0.4, 0.5) is 0 Å². The predicted octanol–water partition coefficient (Wildman–Crippen LogP) is 3.31. The molecular weight excluding hydrogens is 224 g/mol. The lowest BCUT2D eigenvalue weighted by Gasteiger charge is -2.04. The van der Waals surface area contributed by atoms with Crippen LogP contribution in [-0.4, -0.2) is 17.1 Å². The molecule has 3 rings (SSSR count). The first-order valence-corrected chi connectivity index (χ1v) is 5.74. The zero-order valence-corrected chi connectivity index (χ0v) is 10.00. The molecule has 0 amide bonds. The summed E-state index contributed by atoms with van der Waals surface area (Å²) in [7, 11) is 1.61. The zero-order valence-electron chi connectivity index (χ0n) is 10.00. The maximum absolute atomic E-state index is 5.10. The quantitative estimate of drug-likeness (QED) is 0.684. The number of ether oxygens (including phenoxy) is 1. The Morgan fingerprint density at radius 3 is 2.28 bits per heavy atom. The Kier molecular flexibility index (Phi) is 2.65. The maximum Gasteiger partial charge on any atom is 0.213 e. The Morgan fingerprint density at radius 2 is 1.50 bits per heavy atom. The van der Waals surface area contributed by atoms with E-state index in [0.717, 1.165) is 22.3 Å². The third-order valence-corrected chi connectivity index (χ3v) is 2.80. The van der Waals surface area contributed by atoms with E-state index in [4.69, 9.17) is 4.74 Å². The Hall–Kier alpha value is -2.42. The van der Waals surface area contributed by atoms with E-state index in [1.165, 1.54) is 0 Å². The molecule has 0 aliphatic rings. The van der Waals surface area contributed by atoms with Crippen LogP contribution >= 0.6 is 0 Å². The number of nitrogens with zero attached hydrogens (tertiary/aromatic N) is 2. The monoisotopic (exact) mass is 236 g/mol. The molecule has 0 aliphatic carbocycles. The zero-order chi connectivity index (χ0) is 12.4. The van der Waals surface area contributed by atoms with Gasteiger partial charge in [0, 0.05) is 11.6 Å². The number of aromatic nitrogens is 2. The highest BCUT2D eigenvalue weighted by Gasteiger charge is 2.03. The molecule has 0 fully saturated rings. The molecule has 0 radical (unpaired) electrons. The average molecular weight is 236 g/mol. The number of hydrogen-bond acceptors (Lipinski definition) is 3. The molecule has 0 atom stereocenters. The lowest BCUT2D eigenvalue weighted by Crippen LogP contribution is -1.90. The second-order valence-electron chi connectivity index (χ2n) is 3.95. The van der Waals surface area contributed by atoms with Gasteiger partial charge in [0.2, 0.25) is 5.88 Å². The lowest BCUT2D eigenvalue weighted by molar-refractivity contribution is 0.399. The van der Waals surface area contributed by atoms with E-state index in [-0.39, 0.29) is 0 Å². The minimum absolute atomic E-state index is 0.608. The van der Waals surface area contributed by atoms with Crippen LogP contribution in [0.15, 0.2) is 54.6 Å². The Bertz CT molecular complexity index is 680. The van der Waals surface area contributed by atoms with Crippen molar-refractivity contribution in [3.05, 3.63) is 54.6 Å². The van der Waals surface area contributed by atoms with E-state index in [2.05, 4.69) is 9.97 Å². The standard InChI is InChI=1S/C15H12N2O/c1-18-15-10-9-13-14(17-15)8-7-12(16-13)11-5-3-2-4-6-11/h2-10H,1H3. The largest absolute Gasteiger partial charge is 0.481 e. The predicted molar refractivity (Wildman–Crippen MR) is 71.5 cm³/mol. The lowest BCUT2D eigenvalue weighted by atomic mass is 10.1. The van der Waals surface area contributed by atoms with Gasteiger partial charge in [-0.25, -0.2) is 9.97 Å². The van der Waals surface area contributed by atoms with Gasteiger partial charge in [0.05, 0.1) is 23.8 Å². The molecule has 0 N–H and O–H groups in total. The SMILES string of the molecule is COc1ccc2nc(-c3ccccc3)ccc2n1. The van der Waals surface area contributed by atoms with Crippen LogP contribution in [0.3, 0.4) is 0 Å². The molecule has 18 heavy (non-hydrogen) atoms. The smallest absolute Gasteiger partial charge is 0.213 e. The van der Waals surface area contributed by atoms with Gasteiger partial charge < -0.3 is 4.74 Å². The normalized spacial score (nSPS) is 10.5. The van der Waals surface area contributed by atoms with Crippen molar-refractivity contribution in [1.82, 2.24) is 9.97 Å². The molecule has 88 valence electrons. The molecule has 3 heteroatoms. The summed E-state index contributed by atoms with van der Waals surface area (Å²) in [4.78, 5) is 8.95. The van der Waals surface area contributed by atoms with Crippen molar-refractivity contribution < 1.29 is 4.74 Å². The molecule has 0 unspecified atom stereocenters. The molecule has 2 heterocycles. The first kappa shape index (κ1) is 10.7. The van der Waals surface area contributed by atoms with Crippen LogP contribution in [0.2, 0.25) is 0 Å². The Labute approximate surface area is 105 Å². The number of rotatable bonds is 2. The number of pyridine rings is 2. The number of fused-ring (bicyclic) bond motifs is 1. The molecule has 0 aliphatic heterocycles. The van der Waals surface area contributed by atoms with E-state index >= 15 is 0 Å². The third kappa shape index (κ3) is 1.91.